The Bertz CT molecular complexity index is 430. The van der Waals surface area contributed by atoms with Crippen LogP contribution in [0.1, 0.15) is 24.5 Å². The summed E-state index contributed by atoms with van der Waals surface area (Å²) in [5, 5.41) is 12.3. The zero-order chi connectivity index (χ0) is 15.1. The molecule has 1 aromatic rings. The molecule has 1 aromatic carbocycles. The van der Waals surface area contributed by atoms with Crippen LogP contribution in [0, 0.1) is 0 Å². The lowest BCUT2D eigenvalue weighted by Gasteiger charge is -2.30. The Kier molecular flexibility index (Phi) is 6.49. The van der Waals surface area contributed by atoms with Crippen molar-refractivity contribution >= 4 is 5.69 Å². The molecule has 1 heterocycles. The van der Waals surface area contributed by atoms with Crippen LogP contribution in [0.2, 0.25) is 0 Å². The van der Waals surface area contributed by atoms with Crippen LogP contribution in [0.25, 0.3) is 0 Å². The standard InChI is InChI=1S/C17H29N3O/c1-3-15-11-16(14-19(2)7-4-10-21)13-17(12-15)20-8-5-18-6-9-20/h11-13,18,21H,3-10,14H2,1-2H3. The Morgan fingerprint density at radius 1 is 1.19 bits per heavy atom. The Morgan fingerprint density at radius 2 is 1.90 bits per heavy atom. The van der Waals surface area contributed by atoms with Crippen molar-refractivity contribution in [2.45, 2.75) is 26.3 Å². The molecule has 0 unspecified atom stereocenters. The summed E-state index contributed by atoms with van der Waals surface area (Å²) in [6.45, 7) is 8.70. The summed E-state index contributed by atoms with van der Waals surface area (Å²) < 4.78 is 0. The zero-order valence-corrected chi connectivity index (χ0v) is 13.4. The molecule has 2 N–H and O–H groups in total. The van der Waals surface area contributed by atoms with Crippen molar-refractivity contribution in [1.29, 1.82) is 0 Å². The number of rotatable bonds is 7. The lowest BCUT2D eigenvalue weighted by molar-refractivity contribution is 0.244. The third kappa shape index (κ3) is 4.99. The van der Waals surface area contributed by atoms with E-state index >= 15 is 0 Å². The Balaban J connectivity index is 2.09. The van der Waals surface area contributed by atoms with Crippen LogP contribution in [-0.4, -0.2) is 56.4 Å². The van der Waals surface area contributed by atoms with Crippen molar-refractivity contribution in [2.24, 2.45) is 0 Å². The maximum absolute atomic E-state index is 8.94. The minimum absolute atomic E-state index is 0.269. The van der Waals surface area contributed by atoms with E-state index in [1.54, 1.807) is 0 Å². The van der Waals surface area contributed by atoms with Gasteiger partial charge >= 0.3 is 0 Å². The van der Waals surface area contributed by atoms with Gasteiger partial charge in [0.25, 0.3) is 0 Å². The fraction of sp³-hybridized carbons (Fsp3) is 0.647. The first-order chi connectivity index (χ1) is 10.2. The third-order valence-corrected chi connectivity index (χ3v) is 4.08. The molecular formula is C17H29N3O. The van der Waals surface area contributed by atoms with Gasteiger partial charge in [-0.05, 0) is 43.1 Å². The van der Waals surface area contributed by atoms with Crippen molar-refractivity contribution < 1.29 is 5.11 Å². The van der Waals surface area contributed by atoms with Gasteiger partial charge in [-0.2, -0.15) is 0 Å². The van der Waals surface area contributed by atoms with E-state index in [1.165, 1.54) is 16.8 Å². The number of anilines is 1. The minimum atomic E-state index is 0.269. The van der Waals surface area contributed by atoms with Gasteiger partial charge in [-0.1, -0.05) is 13.0 Å². The van der Waals surface area contributed by atoms with E-state index in [-0.39, 0.29) is 6.61 Å². The van der Waals surface area contributed by atoms with E-state index in [0.717, 1.165) is 52.1 Å². The number of hydrogen-bond acceptors (Lipinski definition) is 4. The highest BCUT2D eigenvalue weighted by atomic mass is 16.3. The third-order valence-electron chi connectivity index (χ3n) is 4.08. The molecule has 1 saturated heterocycles. The summed E-state index contributed by atoms with van der Waals surface area (Å²) in [6, 6.07) is 6.99. The van der Waals surface area contributed by atoms with Crippen molar-refractivity contribution in [3.63, 3.8) is 0 Å². The number of hydrogen-bond donors (Lipinski definition) is 2. The molecule has 0 aliphatic carbocycles. The molecule has 0 radical (unpaired) electrons. The first kappa shape index (κ1) is 16.3. The Morgan fingerprint density at radius 3 is 2.57 bits per heavy atom. The molecule has 0 atom stereocenters. The van der Waals surface area contributed by atoms with E-state index in [9.17, 15) is 0 Å². The summed E-state index contributed by atoms with van der Waals surface area (Å²) in [5.41, 5.74) is 4.15. The summed E-state index contributed by atoms with van der Waals surface area (Å²) >= 11 is 0. The predicted octanol–water partition coefficient (Wildman–Crippen LogP) is 1.47. The van der Waals surface area contributed by atoms with Crippen LogP contribution in [0.3, 0.4) is 0 Å². The summed E-state index contributed by atoms with van der Waals surface area (Å²) in [6.07, 6.45) is 1.92. The summed E-state index contributed by atoms with van der Waals surface area (Å²) in [5.74, 6) is 0. The summed E-state index contributed by atoms with van der Waals surface area (Å²) in [7, 11) is 2.12. The number of nitrogens with one attached hydrogen (secondary N) is 1. The molecule has 1 aliphatic rings. The largest absolute Gasteiger partial charge is 0.396 e. The van der Waals surface area contributed by atoms with Gasteiger partial charge < -0.3 is 20.2 Å². The predicted molar refractivity (Wildman–Crippen MR) is 88.9 cm³/mol. The van der Waals surface area contributed by atoms with Gasteiger partial charge in [0.05, 0.1) is 0 Å². The number of aryl methyl sites for hydroxylation is 1. The summed E-state index contributed by atoms with van der Waals surface area (Å²) in [4.78, 5) is 4.76. The van der Waals surface area contributed by atoms with Gasteiger partial charge in [-0.25, -0.2) is 0 Å². The number of aliphatic hydroxyl groups is 1. The quantitative estimate of drug-likeness (QED) is 0.798. The van der Waals surface area contributed by atoms with E-state index < -0.39 is 0 Å². The van der Waals surface area contributed by atoms with Gasteiger partial charge in [0.15, 0.2) is 0 Å². The fourth-order valence-corrected chi connectivity index (χ4v) is 2.88. The van der Waals surface area contributed by atoms with Gasteiger partial charge in [0.2, 0.25) is 0 Å². The molecule has 4 heteroatoms. The molecule has 0 aromatic heterocycles. The van der Waals surface area contributed by atoms with Crippen molar-refractivity contribution in [1.82, 2.24) is 10.2 Å². The maximum Gasteiger partial charge on any atom is 0.0443 e. The molecule has 0 spiro atoms. The van der Waals surface area contributed by atoms with Crippen LogP contribution in [0.15, 0.2) is 18.2 Å². The molecule has 118 valence electrons. The smallest absolute Gasteiger partial charge is 0.0443 e. The first-order valence-corrected chi connectivity index (χ1v) is 8.11. The van der Waals surface area contributed by atoms with E-state index in [1.807, 2.05) is 0 Å². The van der Waals surface area contributed by atoms with Gasteiger partial charge in [-0.3, -0.25) is 0 Å². The fourth-order valence-electron chi connectivity index (χ4n) is 2.88. The van der Waals surface area contributed by atoms with E-state index in [2.05, 4.69) is 47.3 Å². The highest BCUT2D eigenvalue weighted by molar-refractivity contribution is 5.52. The van der Waals surface area contributed by atoms with E-state index in [0.29, 0.717) is 0 Å². The van der Waals surface area contributed by atoms with Gasteiger partial charge in [0.1, 0.15) is 0 Å². The normalized spacial score (nSPS) is 15.7. The van der Waals surface area contributed by atoms with Crippen LogP contribution < -0.4 is 10.2 Å². The SMILES string of the molecule is CCc1cc(CN(C)CCCO)cc(N2CCNCC2)c1. The molecule has 0 bridgehead atoms. The molecule has 2 rings (SSSR count). The topological polar surface area (TPSA) is 38.7 Å². The molecule has 0 saturated carbocycles. The number of aliphatic hydroxyl groups excluding tert-OH is 1. The van der Waals surface area contributed by atoms with Crippen LogP contribution >= 0.6 is 0 Å². The van der Waals surface area contributed by atoms with Crippen molar-refractivity contribution in [3.05, 3.63) is 29.3 Å². The number of nitrogens with zero attached hydrogens (tertiary/aromatic N) is 2. The molecule has 21 heavy (non-hydrogen) atoms. The first-order valence-electron chi connectivity index (χ1n) is 8.11. The Hall–Kier alpha value is -1.10. The average molecular weight is 291 g/mol. The second kappa shape index (κ2) is 8.37. The molecule has 4 nitrogen and oxygen atoms in total. The van der Waals surface area contributed by atoms with Crippen LogP contribution in [0.5, 0.6) is 0 Å². The molecule has 0 amide bonds. The highest BCUT2D eigenvalue weighted by Gasteiger charge is 2.12. The number of piperazine rings is 1. The Labute approximate surface area is 128 Å². The lowest BCUT2D eigenvalue weighted by Crippen LogP contribution is -2.43. The average Bonchev–Trinajstić information content (AvgIpc) is 2.53. The van der Waals surface area contributed by atoms with E-state index in [4.69, 9.17) is 5.11 Å². The van der Waals surface area contributed by atoms with Crippen molar-refractivity contribution in [3.8, 4) is 0 Å². The highest BCUT2D eigenvalue weighted by Crippen LogP contribution is 2.21. The van der Waals surface area contributed by atoms with Crippen molar-refractivity contribution in [2.75, 3.05) is 51.3 Å². The number of benzene rings is 1. The minimum Gasteiger partial charge on any atom is -0.396 e. The molecule has 1 fully saturated rings. The van der Waals surface area contributed by atoms with Gasteiger partial charge in [-0.15, -0.1) is 0 Å². The zero-order valence-electron chi connectivity index (χ0n) is 13.4. The van der Waals surface area contributed by atoms with Crippen LogP contribution in [-0.2, 0) is 13.0 Å². The van der Waals surface area contributed by atoms with Gasteiger partial charge in [0, 0.05) is 51.6 Å². The second-order valence-corrected chi connectivity index (χ2v) is 5.91. The second-order valence-electron chi connectivity index (χ2n) is 5.91. The monoisotopic (exact) mass is 291 g/mol. The maximum atomic E-state index is 8.94. The van der Waals surface area contributed by atoms with Crippen LogP contribution in [0.4, 0.5) is 5.69 Å². The molecular weight excluding hydrogens is 262 g/mol. The molecule has 1 aliphatic heterocycles. The lowest BCUT2D eigenvalue weighted by atomic mass is 10.1.